The Kier molecular flexibility index (Phi) is 9.69. The highest BCUT2D eigenvalue weighted by Gasteiger charge is 2.31. The highest BCUT2D eigenvalue weighted by molar-refractivity contribution is 5.88. The second kappa shape index (κ2) is 12.9. The molecule has 2 amide bonds. The second-order valence-electron chi connectivity index (χ2n) is 9.59. The smallest absolute Gasteiger partial charge is 0.261 e. The summed E-state index contributed by atoms with van der Waals surface area (Å²) in [5.41, 5.74) is 5.14. The summed E-state index contributed by atoms with van der Waals surface area (Å²) in [5, 5.41) is 3.10. The number of nitrogens with one attached hydrogen (secondary N) is 1. The van der Waals surface area contributed by atoms with Crippen LogP contribution in [0.1, 0.15) is 48.1 Å². The highest BCUT2D eigenvalue weighted by Crippen LogP contribution is 2.20. The molecule has 2 atom stereocenters. The van der Waals surface area contributed by atoms with Crippen molar-refractivity contribution in [2.45, 2.75) is 66.1 Å². The SMILES string of the molecule is CC[C@@H](C)NC(=O)[C@@H](Cc1ccccc1)N(Cc1ccc(C)cc1)C(=O)COc1cc(C)ccc1C. The number of aryl methyl sites for hydroxylation is 3. The minimum Gasteiger partial charge on any atom is -0.483 e. The summed E-state index contributed by atoms with van der Waals surface area (Å²) in [6.07, 6.45) is 1.23. The van der Waals surface area contributed by atoms with Crippen LogP contribution >= 0.6 is 0 Å². The lowest BCUT2D eigenvalue weighted by atomic mass is 10.0. The Bertz CT molecular complexity index is 1140. The molecule has 0 unspecified atom stereocenters. The Balaban J connectivity index is 1.92. The van der Waals surface area contributed by atoms with E-state index in [2.05, 4.69) is 5.32 Å². The van der Waals surface area contributed by atoms with E-state index in [0.717, 1.165) is 34.2 Å². The predicted octanol–water partition coefficient (Wildman–Crippen LogP) is 5.55. The molecular formula is C31H38N2O3. The van der Waals surface area contributed by atoms with Crippen LogP contribution in [0.5, 0.6) is 5.75 Å². The highest BCUT2D eigenvalue weighted by atomic mass is 16.5. The zero-order valence-electron chi connectivity index (χ0n) is 22.1. The Hall–Kier alpha value is -3.60. The molecule has 0 aliphatic carbocycles. The summed E-state index contributed by atoms with van der Waals surface area (Å²) < 4.78 is 5.98. The Labute approximate surface area is 215 Å². The standard InChI is InChI=1S/C31H38N2O3/c1-6-25(5)32-31(35)28(19-26-10-8-7-9-11-26)33(20-27-16-13-22(2)14-17-27)30(34)21-36-29-18-23(3)12-15-24(29)4/h7-18,25,28H,6,19-21H2,1-5H3,(H,32,35)/t25-,28-/m1/s1. The molecule has 0 aromatic heterocycles. The van der Waals surface area contributed by atoms with E-state index in [0.29, 0.717) is 18.7 Å². The van der Waals surface area contributed by atoms with Gasteiger partial charge in [-0.05, 0) is 62.4 Å². The molecule has 0 heterocycles. The number of carbonyl (C=O) groups excluding carboxylic acids is 2. The van der Waals surface area contributed by atoms with Crippen molar-refractivity contribution in [1.82, 2.24) is 10.2 Å². The first-order chi connectivity index (χ1) is 17.3. The topological polar surface area (TPSA) is 58.6 Å². The first-order valence-corrected chi connectivity index (χ1v) is 12.7. The van der Waals surface area contributed by atoms with Crippen molar-refractivity contribution < 1.29 is 14.3 Å². The van der Waals surface area contributed by atoms with E-state index in [4.69, 9.17) is 4.74 Å². The van der Waals surface area contributed by atoms with Gasteiger partial charge in [0, 0.05) is 19.0 Å². The van der Waals surface area contributed by atoms with Crippen LogP contribution in [0, 0.1) is 20.8 Å². The molecule has 0 aliphatic rings. The van der Waals surface area contributed by atoms with E-state index in [1.807, 2.05) is 107 Å². The van der Waals surface area contributed by atoms with Gasteiger partial charge in [-0.15, -0.1) is 0 Å². The molecule has 190 valence electrons. The molecule has 0 aliphatic heterocycles. The molecule has 5 nitrogen and oxygen atoms in total. The zero-order valence-corrected chi connectivity index (χ0v) is 22.1. The number of carbonyl (C=O) groups is 2. The monoisotopic (exact) mass is 486 g/mol. The van der Waals surface area contributed by atoms with Crippen LogP contribution in [0.3, 0.4) is 0 Å². The van der Waals surface area contributed by atoms with Crippen LogP contribution in [-0.4, -0.2) is 35.4 Å². The summed E-state index contributed by atoms with van der Waals surface area (Å²) in [5.74, 6) is 0.305. The maximum Gasteiger partial charge on any atom is 0.261 e. The third-order valence-electron chi connectivity index (χ3n) is 6.44. The minimum atomic E-state index is -0.669. The van der Waals surface area contributed by atoms with Gasteiger partial charge in [0.25, 0.3) is 5.91 Å². The maximum atomic E-state index is 13.7. The number of nitrogens with zero attached hydrogens (tertiary/aromatic N) is 1. The van der Waals surface area contributed by atoms with Gasteiger partial charge in [0.15, 0.2) is 6.61 Å². The first-order valence-electron chi connectivity index (χ1n) is 12.7. The van der Waals surface area contributed by atoms with Crippen LogP contribution in [0.25, 0.3) is 0 Å². The zero-order chi connectivity index (χ0) is 26.1. The normalized spacial score (nSPS) is 12.5. The molecular weight excluding hydrogens is 448 g/mol. The molecule has 5 heteroatoms. The molecule has 3 aromatic carbocycles. The second-order valence-corrected chi connectivity index (χ2v) is 9.59. The summed E-state index contributed by atoms with van der Waals surface area (Å²) in [4.78, 5) is 28.9. The Morgan fingerprint density at radius 2 is 1.56 bits per heavy atom. The van der Waals surface area contributed by atoms with Crippen molar-refractivity contribution in [3.8, 4) is 5.75 Å². The lowest BCUT2D eigenvalue weighted by Gasteiger charge is -2.32. The van der Waals surface area contributed by atoms with E-state index in [-0.39, 0.29) is 24.5 Å². The van der Waals surface area contributed by atoms with Crippen molar-refractivity contribution in [3.63, 3.8) is 0 Å². The Morgan fingerprint density at radius 3 is 2.22 bits per heavy atom. The maximum absolute atomic E-state index is 13.7. The fraction of sp³-hybridized carbons (Fsp3) is 0.355. The van der Waals surface area contributed by atoms with Gasteiger partial charge in [-0.3, -0.25) is 9.59 Å². The van der Waals surface area contributed by atoms with Gasteiger partial charge in [-0.25, -0.2) is 0 Å². The average molecular weight is 487 g/mol. The minimum absolute atomic E-state index is 0.0123. The van der Waals surface area contributed by atoms with Gasteiger partial charge < -0.3 is 15.0 Å². The molecule has 0 bridgehead atoms. The van der Waals surface area contributed by atoms with Gasteiger partial charge in [0.2, 0.25) is 5.91 Å². The molecule has 36 heavy (non-hydrogen) atoms. The quantitative estimate of drug-likeness (QED) is 0.387. The van der Waals surface area contributed by atoms with Crippen LogP contribution < -0.4 is 10.1 Å². The molecule has 3 rings (SSSR count). The number of rotatable bonds is 11. The van der Waals surface area contributed by atoms with Gasteiger partial charge in [-0.2, -0.15) is 0 Å². The van der Waals surface area contributed by atoms with Crippen molar-refractivity contribution in [2.24, 2.45) is 0 Å². The van der Waals surface area contributed by atoms with Crippen LogP contribution in [0.4, 0.5) is 0 Å². The number of ether oxygens (including phenoxy) is 1. The van der Waals surface area contributed by atoms with E-state index in [1.54, 1.807) is 4.90 Å². The molecule has 0 saturated heterocycles. The van der Waals surface area contributed by atoms with Crippen molar-refractivity contribution in [3.05, 3.63) is 101 Å². The number of amides is 2. The molecule has 0 fully saturated rings. The third-order valence-corrected chi connectivity index (χ3v) is 6.44. The number of hydrogen-bond acceptors (Lipinski definition) is 3. The van der Waals surface area contributed by atoms with E-state index >= 15 is 0 Å². The van der Waals surface area contributed by atoms with E-state index < -0.39 is 6.04 Å². The predicted molar refractivity (Wildman–Crippen MR) is 145 cm³/mol. The molecule has 0 saturated carbocycles. The van der Waals surface area contributed by atoms with Gasteiger partial charge in [-0.1, -0.05) is 79.2 Å². The fourth-order valence-electron chi connectivity index (χ4n) is 3.97. The van der Waals surface area contributed by atoms with Gasteiger partial charge in [0.05, 0.1) is 0 Å². The molecule has 0 radical (unpaired) electrons. The number of benzene rings is 3. The summed E-state index contributed by atoms with van der Waals surface area (Å²) in [7, 11) is 0. The lowest BCUT2D eigenvalue weighted by Crippen LogP contribution is -2.53. The van der Waals surface area contributed by atoms with Crippen LogP contribution in [0.15, 0.2) is 72.8 Å². The lowest BCUT2D eigenvalue weighted by molar-refractivity contribution is -0.143. The first kappa shape index (κ1) is 27.0. The van der Waals surface area contributed by atoms with Crippen molar-refractivity contribution in [2.75, 3.05) is 6.61 Å². The van der Waals surface area contributed by atoms with Gasteiger partial charge >= 0.3 is 0 Å². The van der Waals surface area contributed by atoms with Gasteiger partial charge in [0.1, 0.15) is 11.8 Å². The largest absolute Gasteiger partial charge is 0.483 e. The fourth-order valence-corrected chi connectivity index (χ4v) is 3.97. The van der Waals surface area contributed by atoms with Crippen molar-refractivity contribution >= 4 is 11.8 Å². The Morgan fingerprint density at radius 1 is 0.889 bits per heavy atom. The summed E-state index contributed by atoms with van der Waals surface area (Å²) in [6.45, 7) is 10.2. The molecule has 1 N–H and O–H groups in total. The third kappa shape index (κ3) is 7.70. The van der Waals surface area contributed by atoms with E-state index in [1.165, 1.54) is 0 Å². The number of hydrogen-bond donors (Lipinski definition) is 1. The molecule has 3 aromatic rings. The van der Waals surface area contributed by atoms with Crippen LogP contribution in [0.2, 0.25) is 0 Å². The van der Waals surface area contributed by atoms with E-state index in [9.17, 15) is 9.59 Å². The molecule has 0 spiro atoms. The summed E-state index contributed by atoms with van der Waals surface area (Å²) in [6, 6.07) is 23.2. The van der Waals surface area contributed by atoms with Crippen LogP contribution in [-0.2, 0) is 22.6 Å². The summed E-state index contributed by atoms with van der Waals surface area (Å²) >= 11 is 0. The average Bonchev–Trinajstić information content (AvgIpc) is 2.88. The van der Waals surface area contributed by atoms with Crippen molar-refractivity contribution in [1.29, 1.82) is 0 Å².